The first kappa shape index (κ1) is 36.7. The average molecular weight is 722 g/mol. The number of anilines is 3. The van der Waals surface area contributed by atoms with Gasteiger partial charge in [0.2, 0.25) is 5.91 Å². The van der Waals surface area contributed by atoms with Crippen molar-refractivity contribution < 1.29 is 23.9 Å². The Bertz CT molecular complexity index is 2010. The molecule has 3 N–H and O–H groups in total. The van der Waals surface area contributed by atoms with Gasteiger partial charge in [-0.25, -0.2) is 4.98 Å². The number of carbonyl (C=O) groups excluding carboxylic acids is 3. The van der Waals surface area contributed by atoms with Gasteiger partial charge in [0.1, 0.15) is 5.70 Å². The number of nitrogens with one attached hydrogen (secondary N) is 3. The van der Waals surface area contributed by atoms with E-state index in [0.29, 0.717) is 40.0 Å². The van der Waals surface area contributed by atoms with Gasteiger partial charge in [0.05, 0.1) is 25.2 Å². The van der Waals surface area contributed by atoms with Gasteiger partial charge in [-0.15, -0.1) is 23.1 Å². The highest BCUT2D eigenvalue weighted by Gasteiger charge is 2.21. The van der Waals surface area contributed by atoms with Crippen LogP contribution in [0.15, 0.2) is 113 Å². The van der Waals surface area contributed by atoms with E-state index in [4.69, 9.17) is 9.47 Å². The second-order valence-electron chi connectivity index (χ2n) is 11.5. The molecule has 5 rings (SSSR count). The number of methoxy groups -OCH3 is 2. The minimum atomic E-state index is -0.489. The molecule has 0 bridgehead atoms. The maximum Gasteiger partial charge on any atom is 0.272 e. The highest BCUT2D eigenvalue weighted by molar-refractivity contribution is 8.00. The molecular formula is C39H39N5O5S2. The van der Waals surface area contributed by atoms with Crippen LogP contribution in [0.5, 0.6) is 11.5 Å². The first-order chi connectivity index (χ1) is 24.7. The number of hydrogen-bond acceptors (Lipinski definition) is 9. The summed E-state index contributed by atoms with van der Waals surface area (Å²) in [4.78, 5) is 47.5. The third-order valence-corrected chi connectivity index (χ3v) is 9.81. The van der Waals surface area contributed by atoms with E-state index >= 15 is 0 Å². The Morgan fingerprint density at radius 2 is 1.63 bits per heavy atom. The van der Waals surface area contributed by atoms with Crippen molar-refractivity contribution in [2.75, 3.05) is 43.8 Å². The van der Waals surface area contributed by atoms with Gasteiger partial charge in [-0.2, -0.15) is 0 Å². The fourth-order valence-electron chi connectivity index (χ4n) is 4.96. The molecule has 1 heterocycles. The van der Waals surface area contributed by atoms with Gasteiger partial charge >= 0.3 is 0 Å². The quantitative estimate of drug-likeness (QED) is 0.0785. The summed E-state index contributed by atoms with van der Waals surface area (Å²) < 4.78 is 10.7. The second-order valence-corrected chi connectivity index (χ2v) is 13.6. The molecule has 0 aliphatic heterocycles. The Morgan fingerprint density at radius 3 is 2.31 bits per heavy atom. The zero-order valence-electron chi connectivity index (χ0n) is 28.9. The number of amides is 3. The van der Waals surface area contributed by atoms with Crippen LogP contribution in [0.3, 0.4) is 0 Å². The molecule has 51 heavy (non-hydrogen) atoms. The smallest absolute Gasteiger partial charge is 0.272 e. The van der Waals surface area contributed by atoms with Crippen molar-refractivity contribution >= 4 is 63.4 Å². The molecule has 1 atom stereocenters. The fourth-order valence-corrected chi connectivity index (χ4v) is 6.69. The van der Waals surface area contributed by atoms with Crippen LogP contribution in [0.4, 0.5) is 16.5 Å². The summed E-state index contributed by atoms with van der Waals surface area (Å²) in [6.07, 6.45) is 2.20. The molecule has 0 spiro atoms. The van der Waals surface area contributed by atoms with Gasteiger partial charge in [0, 0.05) is 46.9 Å². The van der Waals surface area contributed by atoms with Gasteiger partial charge in [0.15, 0.2) is 16.6 Å². The van der Waals surface area contributed by atoms with Crippen molar-refractivity contribution in [3.8, 4) is 22.8 Å². The third kappa shape index (κ3) is 9.77. The number of rotatable bonds is 14. The molecule has 12 heteroatoms. The monoisotopic (exact) mass is 721 g/mol. The van der Waals surface area contributed by atoms with Crippen molar-refractivity contribution in [3.63, 3.8) is 0 Å². The van der Waals surface area contributed by atoms with Crippen molar-refractivity contribution in [2.45, 2.75) is 23.5 Å². The number of aromatic nitrogens is 1. The normalized spacial score (nSPS) is 11.7. The first-order valence-corrected chi connectivity index (χ1v) is 17.9. The van der Waals surface area contributed by atoms with Crippen LogP contribution in [-0.4, -0.2) is 56.3 Å². The Hall–Kier alpha value is -5.59. The number of hydrogen-bond donors (Lipinski definition) is 3. The van der Waals surface area contributed by atoms with Crippen molar-refractivity contribution in [3.05, 3.63) is 119 Å². The Kier molecular flexibility index (Phi) is 12.5. The standard InChI is InChI=1S/C39H39N5O5S2/c1-6-35(38(47)43-39-42-32(24-50-39)27-17-20-33(48-4)34(22-27)49-5)51-30-14-10-13-28(23-30)40-37(46)31(41-36(45)26-11-8-7-9-12-26)21-25-15-18-29(19-16-25)44(2)3/h7-24,35H,6H2,1-5H3,(H,40,46)(H,41,45)(H,42,43,47)/b31-21+. The molecule has 262 valence electrons. The lowest BCUT2D eigenvalue weighted by Gasteiger charge is -2.15. The van der Waals surface area contributed by atoms with E-state index in [1.54, 1.807) is 56.7 Å². The number of ether oxygens (including phenoxy) is 2. The zero-order valence-corrected chi connectivity index (χ0v) is 30.6. The van der Waals surface area contributed by atoms with E-state index in [0.717, 1.165) is 21.7 Å². The number of carbonyl (C=O) groups is 3. The largest absolute Gasteiger partial charge is 0.493 e. The Labute approximate surface area is 305 Å². The van der Waals surface area contributed by atoms with Crippen molar-refractivity contribution in [1.29, 1.82) is 0 Å². The van der Waals surface area contributed by atoms with Crippen LogP contribution in [0.1, 0.15) is 29.3 Å². The maximum atomic E-state index is 13.6. The highest BCUT2D eigenvalue weighted by atomic mass is 32.2. The van der Waals surface area contributed by atoms with Gasteiger partial charge in [-0.3, -0.25) is 14.4 Å². The van der Waals surface area contributed by atoms with Crippen LogP contribution in [0.2, 0.25) is 0 Å². The maximum absolute atomic E-state index is 13.6. The second kappa shape index (κ2) is 17.4. The third-order valence-electron chi connectivity index (χ3n) is 7.70. The molecule has 3 amide bonds. The minimum Gasteiger partial charge on any atom is -0.493 e. The molecule has 0 fully saturated rings. The zero-order chi connectivity index (χ0) is 36.3. The Balaban J connectivity index is 1.28. The van der Waals surface area contributed by atoms with E-state index in [1.807, 2.05) is 92.0 Å². The van der Waals surface area contributed by atoms with Gasteiger partial charge in [-0.05, 0) is 78.7 Å². The van der Waals surface area contributed by atoms with E-state index in [1.165, 1.54) is 23.1 Å². The number of nitrogens with zero attached hydrogens (tertiary/aromatic N) is 2. The number of thioether (sulfide) groups is 1. The summed E-state index contributed by atoms with van der Waals surface area (Å²) in [6.45, 7) is 1.94. The lowest BCUT2D eigenvalue weighted by molar-refractivity contribution is -0.116. The van der Waals surface area contributed by atoms with Crippen LogP contribution in [0, 0.1) is 0 Å². The molecule has 0 aliphatic carbocycles. The number of benzene rings is 4. The molecule has 0 saturated heterocycles. The van der Waals surface area contributed by atoms with Gasteiger partial charge < -0.3 is 30.3 Å². The van der Waals surface area contributed by atoms with Crippen molar-refractivity contribution in [1.82, 2.24) is 10.3 Å². The van der Waals surface area contributed by atoms with E-state index < -0.39 is 17.1 Å². The lowest BCUT2D eigenvalue weighted by atomic mass is 10.1. The lowest BCUT2D eigenvalue weighted by Crippen LogP contribution is -2.30. The molecule has 10 nitrogen and oxygen atoms in total. The molecule has 5 aromatic rings. The molecule has 0 radical (unpaired) electrons. The minimum absolute atomic E-state index is 0.0845. The van der Waals surface area contributed by atoms with Crippen LogP contribution >= 0.6 is 23.1 Å². The van der Waals surface area contributed by atoms with E-state index in [9.17, 15) is 14.4 Å². The van der Waals surface area contributed by atoms with Crippen LogP contribution in [0.25, 0.3) is 17.3 Å². The SMILES string of the molecule is CCC(Sc1cccc(NC(=O)/C(=C\c2ccc(N(C)C)cc2)NC(=O)c2ccccc2)c1)C(=O)Nc1nc(-c2ccc(OC)c(OC)c2)cs1. The molecule has 0 aliphatic rings. The summed E-state index contributed by atoms with van der Waals surface area (Å²) in [5, 5.41) is 10.6. The molecule has 4 aromatic carbocycles. The van der Waals surface area contributed by atoms with E-state index in [-0.39, 0.29) is 11.6 Å². The summed E-state index contributed by atoms with van der Waals surface area (Å²) >= 11 is 2.72. The summed E-state index contributed by atoms with van der Waals surface area (Å²) in [5.74, 6) is 0.137. The summed E-state index contributed by atoms with van der Waals surface area (Å²) in [6, 6.07) is 29.2. The predicted octanol–water partition coefficient (Wildman–Crippen LogP) is 7.81. The van der Waals surface area contributed by atoms with E-state index in [2.05, 4.69) is 20.9 Å². The Morgan fingerprint density at radius 1 is 0.882 bits per heavy atom. The van der Waals surface area contributed by atoms with Crippen molar-refractivity contribution in [2.24, 2.45) is 0 Å². The fraction of sp³-hybridized carbons (Fsp3) is 0.179. The summed E-state index contributed by atoms with van der Waals surface area (Å²) in [7, 11) is 7.06. The van der Waals surface area contributed by atoms with Gasteiger partial charge in [0.25, 0.3) is 11.8 Å². The average Bonchev–Trinajstić information content (AvgIpc) is 3.62. The van der Waals surface area contributed by atoms with Crippen LogP contribution in [-0.2, 0) is 9.59 Å². The molecular weight excluding hydrogens is 683 g/mol. The first-order valence-electron chi connectivity index (χ1n) is 16.1. The molecule has 1 aromatic heterocycles. The summed E-state index contributed by atoms with van der Waals surface area (Å²) in [5.41, 5.74) is 4.33. The highest BCUT2D eigenvalue weighted by Crippen LogP contribution is 2.34. The van der Waals surface area contributed by atoms with Gasteiger partial charge in [-0.1, -0.05) is 43.3 Å². The topological polar surface area (TPSA) is 122 Å². The number of thiazole rings is 1. The molecule has 0 saturated carbocycles. The predicted molar refractivity (Wildman–Crippen MR) is 207 cm³/mol. The van der Waals surface area contributed by atoms with Crippen LogP contribution < -0.4 is 30.3 Å². The molecule has 1 unspecified atom stereocenters.